The van der Waals surface area contributed by atoms with Crippen molar-refractivity contribution < 1.29 is 19.1 Å². The molecule has 2 aromatic rings. The van der Waals surface area contributed by atoms with Crippen molar-refractivity contribution in [2.24, 2.45) is 0 Å². The van der Waals surface area contributed by atoms with Gasteiger partial charge in [-0.25, -0.2) is 4.79 Å². The van der Waals surface area contributed by atoms with E-state index in [0.717, 1.165) is 5.57 Å². The van der Waals surface area contributed by atoms with Gasteiger partial charge < -0.3 is 14.8 Å². The Morgan fingerprint density at radius 3 is 2.65 bits per heavy atom. The van der Waals surface area contributed by atoms with Crippen LogP contribution in [0, 0.1) is 0 Å². The van der Waals surface area contributed by atoms with Gasteiger partial charge in [0.25, 0.3) is 5.91 Å². The van der Waals surface area contributed by atoms with Gasteiger partial charge in [0.05, 0.1) is 17.2 Å². The van der Waals surface area contributed by atoms with Gasteiger partial charge in [-0.2, -0.15) is 0 Å². The number of rotatable bonds is 7. The van der Waals surface area contributed by atoms with Crippen molar-refractivity contribution in [3.8, 4) is 5.75 Å². The second-order valence-electron chi connectivity index (χ2n) is 5.64. The fraction of sp³-hybridized carbons (Fsp3) is 0.200. The van der Waals surface area contributed by atoms with E-state index in [9.17, 15) is 9.59 Å². The summed E-state index contributed by atoms with van der Waals surface area (Å²) in [6, 6.07) is 11.4. The van der Waals surface area contributed by atoms with Crippen LogP contribution in [0.4, 0.5) is 5.69 Å². The number of amides is 1. The normalized spacial score (nSPS) is 10.1. The number of hydrogen-bond donors (Lipinski definition) is 1. The zero-order valence-electron chi connectivity index (χ0n) is 14.7. The van der Waals surface area contributed by atoms with Crippen molar-refractivity contribution in [1.82, 2.24) is 0 Å². The Morgan fingerprint density at radius 1 is 1.19 bits per heavy atom. The minimum absolute atomic E-state index is 0.199. The highest BCUT2D eigenvalue weighted by Crippen LogP contribution is 2.22. The van der Waals surface area contributed by atoms with Crippen molar-refractivity contribution in [2.45, 2.75) is 13.8 Å². The van der Waals surface area contributed by atoms with Gasteiger partial charge in [0.15, 0.2) is 0 Å². The van der Waals surface area contributed by atoms with Crippen LogP contribution in [0.1, 0.15) is 34.6 Å². The number of carbonyl (C=O) groups excluding carboxylic acids is 2. The molecule has 136 valence electrons. The van der Waals surface area contributed by atoms with Gasteiger partial charge in [-0.15, -0.1) is 0 Å². The molecule has 6 heteroatoms. The van der Waals surface area contributed by atoms with Gasteiger partial charge in [0.1, 0.15) is 12.4 Å². The highest BCUT2D eigenvalue weighted by atomic mass is 35.5. The maximum Gasteiger partial charge on any atom is 0.339 e. The Balaban J connectivity index is 2.14. The van der Waals surface area contributed by atoms with Crippen LogP contribution in [0.2, 0.25) is 5.02 Å². The standard InChI is InChI=1S/C20H20ClNO4/c1-4-25-20(24)17-11-15(8-9-18(17)21)22-19(23)14-6-5-7-16(10-14)26-12-13(2)3/h5-11H,2,4,12H2,1,3H3,(H,22,23). The number of ether oxygens (including phenoxy) is 2. The third-order valence-corrected chi connectivity index (χ3v) is 3.63. The van der Waals surface area contributed by atoms with Crippen molar-refractivity contribution in [3.63, 3.8) is 0 Å². The van der Waals surface area contributed by atoms with E-state index >= 15 is 0 Å². The molecule has 0 radical (unpaired) electrons. The molecule has 5 nitrogen and oxygen atoms in total. The summed E-state index contributed by atoms with van der Waals surface area (Å²) >= 11 is 6.02. The SMILES string of the molecule is C=C(C)COc1cccc(C(=O)Nc2ccc(Cl)c(C(=O)OCC)c2)c1. The highest BCUT2D eigenvalue weighted by Gasteiger charge is 2.14. The van der Waals surface area contributed by atoms with Crippen molar-refractivity contribution in [1.29, 1.82) is 0 Å². The van der Waals surface area contributed by atoms with Crippen molar-refractivity contribution >= 4 is 29.2 Å². The number of hydrogen-bond acceptors (Lipinski definition) is 4. The third kappa shape index (κ3) is 5.36. The fourth-order valence-corrected chi connectivity index (χ4v) is 2.30. The molecule has 0 aliphatic carbocycles. The van der Waals surface area contributed by atoms with Crippen LogP contribution in [0.15, 0.2) is 54.6 Å². The minimum Gasteiger partial charge on any atom is -0.489 e. The lowest BCUT2D eigenvalue weighted by molar-refractivity contribution is 0.0526. The number of halogens is 1. The summed E-state index contributed by atoms with van der Waals surface area (Å²) in [6.07, 6.45) is 0. The van der Waals surface area contributed by atoms with Crippen LogP contribution < -0.4 is 10.1 Å². The Kier molecular flexibility index (Phi) is 6.81. The molecule has 2 aromatic carbocycles. The van der Waals surface area contributed by atoms with E-state index in [1.807, 2.05) is 6.92 Å². The molecule has 1 N–H and O–H groups in total. The molecule has 0 saturated heterocycles. The smallest absolute Gasteiger partial charge is 0.339 e. The molecule has 0 atom stereocenters. The van der Waals surface area contributed by atoms with Crippen LogP contribution in [-0.4, -0.2) is 25.1 Å². The van der Waals surface area contributed by atoms with Crippen LogP contribution in [0.25, 0.3) is 0 Å². The van der Waals surface area contributed by atoms with Gasteiger partial charge in [-0.05, 0) is 55.8 Å². The van der Waals surface area contributed by atoms with Crippen LogP contribution >= 0.6 is 11.6 Å². The first kappa shape index (κ1) is 19.5. The second kappa shape index (κ2) is 9.06. The zero-order chi connectivity index (χ0) is 19.1. The summed E-state index contributed by atoms with van der Waals surface area (Å²) in [7, 11) is 0. The monoisotopic (exact) mass is 373 g/mol. The van der Waals surface area contributed by atoms with E-state index in [0.29, 0.717) is 23.6 Å². The maximum absolute atomic E-state index is 12.5. The Labute approximate surface area is 157 Å². The van der Waals surface area contributed by atoms with Crippen LogP contribution in [0.5, 0.6) is 5.75 Å². The molecule has 0 unspecified atom stereocenters. The first-order chi connectivity index (χ1) is 12.4. The molecule has 1 amide bonds. The fourth-order valence-electron chi connectivity index (χ4n) is 2.11. The van der Waals surface area contributed by atoms with E-state index in [4.69, 9.17) is 21.1 Å². The number of carbonyl (C=O) groups is 2. The molecule has 0 aliphatic heterocycles. The molecule has 0 bridgehead atoms. The molecule has 26 heavy (non-hydrogen) atoms. The Morgan fingerprint density at radius 2 is 1.96 bits per heavy atom. The molecule has 0 aromatic heterocycles. The highest BCUT2D eigenvalue weighted by molar-refractivity contribution is 6.33. The molecule has 0 aliphatic rings. The molecule has 2 rings (SSSR count). The summed E-state index contributed by atoms with van der Waals surface area (Å²) in [5, 5.41) is 3.00. The second-order valence-corrected chi connectivity index (χ2v) is 6.05. The molecule has 0 spiro atoms. The van der Waals surface area contributed by atoms with Gasteiger partial charge in [-0.3, -0.25) is 4.79 Å². The summed E-state index contributed by atoms with van der Waals surface area (Å²) in [4.78, 5) is 24.4. The first-order valence-corrected chi connectivity index (χ1v) is 8.43. The van der Waals surface area contributed by atoms with E-state index in [2.05, 4.69) is 11.9 Å². The van der Waals surface area contributed by atoms with Gasteiger partial charge in [0, 0.05) is 11.3 Å². The molecular weight excluding hydrogens is 354 g/mol. The molecule has 0 heterocycles. The van der Waals surface area contributed by atoms with Crippen molar-refractivity contribution in [2.75, 3.05) is 18.5 Å². The van der Waals surface area contributed by atoms with Crippen molar-refractivity contribution in [3.05, 3.63) is 70.8 Å². The first-order valence-electron chi connectivity index (χ1n) is 8.06. The third-order valence-electron chi connectivity index (χ3n) is 3.30. The van der Waals surface area contributed by atoms with Gasteiger partial charge in [-0.1, -0.05) is 24.2 Å². The van der Waals surface area contributed by atoms with Gasteiger partial charge >= 0.3 is 5.97 Å². The van der Waals surface area contributed by atoms with E-state index in [1.54, 1.807) is 37.3 Å². The quantitative estimate of drug-likeness (QED) is 0.563. The van der Waals surface area contributed by atoms with Crippen LogP contribution in [-0.2, 0) is 4.74 Å². The summed E-state index contributed by atoms with van der Waals surface area (Å²) in [6.45, 7) is 7.96. The number of esters is 1. The lowest BCUT2D eigenvalue weighted by Crippen LogP contribution is -2.13. The predicted octanol–water partition coefficient (Wildman–Crippen LogP) is 4.72. The number of anilines is 1. The minimum atomic E-state index is -0.538. The largest absolute Gasteiger partial charge is 0.489 e. The lowest BCUT2D eigenvalue weighted by Gasteiger charge is -2.10. The molecule has 0 fully saturated rings. The number of nitrogens with one attached hydrogen (secondary N) is 1. The summed E-state index contributed by atoms with van der Waals surface area (Å²) < 4.78 is 10.5. The lowest BCUT2D eigenvalue weighted by atomic mass is 10.1. The van der Waals surface area contributed by atoms with E-state index in [1.165, 1.54) is 12.1 Å². The number of benzene rings is 2. The predicted molar refractivity (Wildman–Crippen MR) is 102 cm³/mol. The Bertz CT molecular complexity index is 832. The van der Waals surface area contributed by atoms with E-state index in [-0.39, 0.29) is 23.1 Å². The summed E-state index contributed by atoms with van der Waals surface area (Å²) in [5.74, 6) is -0.296. The average Bonchev–Trinajstić information content (AvgIpc) is 2.62. The van der Waals surface area contributed by atoms with E-state index < -0.39 is 5.97 Å². The molecule has 0 saturated carbocycles. The zero-order valence-corrected chi connectivity index (χ0v) is 15.4. The van der Waals surface area contributed by atoms with Crippen LogP contribution in [0.3, 0.4) is 0 Å². The topological polar surface area (TPSA) is 64.6 Å². The average molecular weight is 374 g/mol. The summed E-state index contributed by atoms with van der Waals surface area (Å²) in [5.41, 5.74) is 1.95. The molecular formula is C20H20ClNO4. The maximum atomic E-state index is 12.5. The Hall–Kier alpha value is -2.79. The van der Waals surface area contributed by atoms with Gasteiger partial charge in [0.2, 0.25) is 0 Å².